The first kappa shape index (κ1) is 14.4. The zero-order valence-corrected chi connectivity index (χ0v) is 13.0. The van der Waals surface area contributed by atoms with Crippen molar-refractivity contribution in [1.82, 2.24) is 15.0 Å². The van der Waals surface area contributed by atoms with Gasteiger partial charge >= 0.3 is 0 Å². The third kappa shape index (κ3) is 2.63. The first-order valence-electron chi connectivity index (χ1n) is 7.18. The molecule has 0 fully saturated rings. The molecular formula is C17H19N5. The van der Waals surface area contributed by atoms with Crippen LogP contribution >= 0.6 is 0 Å². The lowest BCUT2D eigenvalue weighted by molar-refractivity contribution is 0.816. The molecule has 2 heterocycles. The van der Waals surface area contributed by atoms with Gasteiger partial charge in [0.1, 0.15) is 11.6 Å². The van der Waals surface area contributed by atoms with Crippen molar-refractivity contribution < 1.29 is 0 Å². The van der Waals surface area contributed by atoms with E-state index in [0.717, 1.165) is 33.8 Å². The van der Waals surface area contributed by atoms with Gasteiger partial charge in [0.15, 0.2) is 0 Å². The largest absolute Gasteiger partial charge is 0.363 e. The maximum atomic E-state index is 6.43. The van der Waals surface area contributed by atoms with Crippen LogP contribution in [0.3, 0.4) is 0 Å². The summed E-state index contributed by atoms with van der Waals surface area (Å²) in [4.78, 5) is 15.4. The lowest BCUT2D eigenvalue weighted by Crippen LogP contribution is -2.16. The SMILES string of the molecule is Cc1nc(C(N)c2ccc(N(C)C)nc2)c2ccccc2n1. The van der Waals surface area contributed by atoms with Crippen LogP contribution in [0.5, 0.6) is 0 Å². The maximum absolute atomic E-state index is 6.43. The van der Waals surface area contributed by atoms with Gasteiger partial charge in [-0.25, -0.2) is 15.0 Å². The third-order valence-corrected chi connectivity index (χ3v) is 3.63. The second kappa shape index (κ2) is 5.69. The Hall–Kier alpha value is -2.53. The number of fused-ring (bicyclic) bond motifs is 1. The summed E-state index contributed by atoms with van der Waals surface area (Å²) in [7, 11) is 3.92. The van der Waals surface area contributed by atoms with E-state index in [1.54, 1.807) is 0 Å². The predicted octanol–water partition coefficient (Wildman–Crippen LogP) is 2.45. The van der Waals surface area contributed by atoms with E-state index in [-0.39, 0.29) is 6.04 Å². The van der Waals surface area contributed by atoms with Crippen molar-refractivity contribution in [3.8, 4) is 0 Å². The molecule has 1 atom stereocenters. The van der Waals surface area contributed by atoms with Gasteiger partial charge in [-0.05, 0) is 24.6 Å². The Morgan fingerprint density at radius 1 is 1.05 bits per heavy atom. The molecule has 0 spiro atoms. The Morgan fingerprint density at radius 3 is 2.50 bits per heavy atom. The summed E-state index contributed by atoms with van der Waals surface area (Å²) in [5.74, 6) is 1.63. The third-order valence-electron chi connectivity index (χ3n) is 3.63. The van der Waals surface area contributed by atoms with Crippen molar-refractivity contribution >= 4 is 16.7 Å². The molecule has 0 amide bonds. The van der Waals surface area contributed by atoms with Crippen LogP contribution in [0.2, 0.25) is 0 Å². The highest BCUT2D eigenvalue weighted by molar-refractivity contribution is 5.81. The minimum Gasteiger partial charge on any atom is -0.363 e. The molecule has 0 saturated carbocycles. The summed E-state index contributed by atoms with van der Waals surface area (Å²) < 4.78 is 0. The van der Waals surface area contributed by atoms with E-state index in [0.29, 0.717) is 0 Å². The van der Waals surface area contributed by atoms with Crippen LogP contribution in [0.25, 0.3) is 10.9 Å². The molecule has 0 bridgehead atoms. The molecule has 0 aliphatic rings. The van der Waals surface area contributed by atoms with E-state index in [1.807, 2.05) is 68.5 Å². The standard InChI is InChI=1S/C17H19N5/c1-11-20-14-7-5-4-6-13(14)17(21-11)16(18)12-8-9-15(19-10-12)22(2)3/h4-10,16H,18H2,1-3H3. The molecule has 0 radical (unpaired) electrons. The summed E-state index contributed by atoms with van der Waals surface area (Å²) >= 11 is 0. The van der Waals surface area contributed by atoms with Crippen LogP contribution < -0.4 is 10.6 Å². The number of nitrogens with two attached hydrogens (primary N) is 1. The molecular weight excluding hydrogens is 274 g/mol. The molecule has 0 aliphatic heterocycles. The number of anilines is 1. The number of nitrogens with zero attached hydrogens (tertiary/aromatic N) is 4. The van der Waals surface area contributed by atoms with Crippen molar-refractivity contribution in [2.45, 2.75) is 13.0 Å². The lowest BCUT2D eigenvalue weighted by atomic mass is 10.0. The Balaban J connectivity index is 2.06. The smallest absolute Gasteiger partial charge is 0.127 e. The molecule has 3 rings (SSSR count). The summed E-state index contributed by atoms with van der Waals surface area (Å²) in [5.41, 5.74) is 9.12. The van der Waals surface area contributed by atoms with Crippen LogP contribution in [-0.4, -0.2) is 29.0 Å². The van der Waals surface area contributed by atoms with E-state index in [2.05, 4.69) is 15.0 Å². The highest BCUT2D eigenvalue weighted by Gasteiger charge is 2.16. The molecule has 5 heteroatoms. The van der Waals surface area contributed by atoms with Crippen LogP contribution in [0.15, 0.2) is 42.6 Å². The summed E-state index contributed by atoms with van der Waals surface area (Å²) in [6, 6.07) is 11.6. The van der Waals surface area contributed by atoms with Crippen molar-refractivity contribution in [1.29, 1.82) is 0 Å². The lowest BCUT2D eigenvalue weighted by Gasteiger charge is -2.16. The molecule has 1 aromatic carbocycles. The van der Waals surface area contributed by atoms with Crippen LogP contribution in [0.1, 0.15) is 23.1 Å². The maximum Gasteiger partial charge on any atom is 0.127 e. The Morgan fingerprint density at radius 2 is 1.82 bits per heavy atom. The van der Waals surface area contributed by atoms with Gasteiger partial charge in [0.25, 0.3) is 0 Å². The zero-order chi connectivity index (χ0) is 15.7. The van der Waals surface area contributed by atoms with E-state index in [9.17, 15) is 0 Å². The Bertz CT molecular complexity index is 796. The van der Waals surface area contributed by atoms with E-state index < -0.39 is 0 Å². The monoisotopic (exact) mass is 293 g/mol. The van der Waals surface area contributed by atoms with E-state index in [1.165, 1.54) is 0 Å². The summed E-state index contributed by atoms with van der Waals surface area (Å²) in [5, 5.41) is 0.984. The van der Waals surface area contributed by atoms with Crippen molar-refractivity contribution in [3.63, 3.8) is 0 Å². The normalized spacial score (nSPS) is 12.4. The van der Waals surface area contributed by atoms with Crippen molar-refractivity contribution in [2.24, 2.45) is 5.73 Å². The fraction of sp³-hybridized carbons (Fsp3) is 0.235. The molecule has 0 saturated heterocycles. The van der Waals surface area contributed by atoms with Crippen LogP contribution in [-0.2, 0) is 0 Å². The van der Waals surface area contributed by atoms with Gasteiger partial charge < -0.3 is 10.6 Å². The molecule has 2 N–H and O–H groups in total. The fourth-order valence-corrected chi connectivity index (χ4v) is 2.46. The second-order valence-corrected chi connectivity index (χ2v) is 5.50. The highest BCUT2D eigenvalue weighted by Crippen LogP contribution is 2.25. The predicted molar refractivity (Wildman–Crippen MR) is 88.9 cm³/mol. The number of pyridine rings is 1. The average molecular weight is 293 g/mol. The van der Waals surface area contributed by atoms with Gasteiger partial charge in [-0.15, -0.1) is 0 Å². The number of rotatable bonds is 3. The Labute approximate surface area is 129 Å². The first-order chi connectivity index (χ1) is 10.6. The molecule has 112 valence electrons. The highest BCUT2D eigenvalue weighted by atomic mass is 15.1. The van der Waals surface area contributed by atoms with Crippen LogP contribution in [0.4, 0.5) is 5.82 Å². The molecule has 0 aliphatic carbocycles. The van der Waals surface area contributed by atoms with Crippen LogP contribution in [0, 0.1) is 6.92 Å². The average Bonchev–Trinajstić information content (AvgIpc) is 2.53. The first-order valence-corrected chi connectivity index (χ1v) is 7.18. The number of para-hydroxylation sites is 1. The van der Waals surface area contributed by atoms with Crippen molar-refractivity contribution in [2.75, 3.05) is 19.0 Å². The van der Waals surface area contributed by atoms with Gasteiger partial charge in [-0.3, -0.25) is 0 Å². The van der Waals surface area contributed by atoms with Gasteiger partial charge in [0.05, 0.1) is 17.3 Å². The number of hydrogen-bond acceptors (Lipinski definition) is 5. The number of aryl methyl sites for hydroxylation is 1. The number of hydrogen-bond donors (Lipinski definition) is 1. The van der Waals surface area contributed by atoms with Gasteiger partial charge in [-0.1, -0.05) is 24.3 Å². The molecule has 3 aromatic rings. The minimum absolute atomic E-state index is 0.324. The van der Waals surface area contributed by atoms with E-state index >= 15 is 0 Å². The van der Waals surface area contributed by atoms with Crippen molar-refractivity contribution in [3.05, 3.63) is 59.7 Å². The van der Waals surface area contributed by atoms with Gasteiger partial charge in [0, 0.05) is 25.7 Å². The zero-order valence-electron chi connectivity index (χ0n) is 13.0. The molecule has 2 aromatic heterocycles. The van der Waals surface area contributed by atoms with E-state index in [4.69, 9.17) is 5.73 Å². The summed E-state index contributed by atoms with van der Waals surface area (Å²) in [6.07, 6.45) is 1.81. The molecule has 1 unspecified atom stereocenters. The Kier molecular flexibility index (Phi) is 3.73. The second-order valence-electron chi connectivity index (χ2n) is 5.50. The quantitative estimate of drug-likeness (QED) is 0.803. The topological polar surface area (TPSA) is 67.9 Å². The van der Waals surface area contributed by atoms with Gasteiger partial charge in [-0.2, -0.15) is 0 Å². The number of aromatic nitrogens is 3. The fourth-order valence-electron chi connectivity index (χ4n) is 2.46. The van der Waals surface area contributed by atoms with Gasteiger partial charge in [0.2, 0.25) is 0 Å². The minimum atomic E-state index is -0.324. The molecule has 22 heavy (non-hydrogen) atoms. The molecule has 5 nitrogen and oxygen atoms in total. The summed E-state index contributed by atoms with van der Waals surface area (Å²) in [6.45, 7) is 1.88. The number of benzene rings is 1.